The van der Waals surface area contributed by atoms with Gasteiger partial charge in [-0.2, -0.15) is 0 Å². The third-order valence-electron chi connectivity index (χ3n) is 3.67. The van der Waals surface area contributed by atoms with Gasteiger partial charge in [-0.3, -0.25) is 4.90 Å². The lowest BCUT2D eigenvalue weighted by Gasteiger charge is -2.27. The normalized spacial score (nSPS) is 22.9. The molecule has 94 valence electrons. The smallest absolute Gasteiger partial charge is 0.0471 e. The van der Waals surface area contributed by atoms with Crippen LogP contribution in [0.2, 0.25) is 0 Å². The Hall–Kier alpha value is -0.900. The summed E-state index contributed by atoms with van der Waals surface area (Å²) >= 11 is 0. The van der Waals surface area contributed by atoms with Gasteiger partial charge in [-0.15, -0.1) is 0 Å². The van der Waals surface area contributed by atoms with Crippen molar-refractivity contribution in [2.24, 2.45) is 11.7 Å². The van der Waals surface area contributed by atoms with Crippen molar-refractivity contribution < 1.29 is 5.11 Å². The first-order chi connectivity index (χ1) is 8.24. The van der Waals surface area contributed by atoms with E-state index in [1.807, 2.05) is 0 Å². The monoisotopic (exact) mass is 234 g/mol. The summed E-state index contributed by atoms with van der Waals surface area (Å²) in [5.41, 5.74) is 8.49. The average molecular weight is 234 g/mol. The fourth-order valence-electron chi connectivity index (χ4n) is 2.67. The van der Waals surface area contributed by atoms with Crippen molar-refractivity contribution in [1.82, 2.24) is 4.90 Å². The molecule has 0 aromatic heterocycles. The molecule has 1 aliphatic rings. The van der Waals surface area contributed by atoms with E-state index in [1.54, 1.807) is 0 Å². The van der Waals surface area contributed by atoms with Crippen molar-refractivity contribution in [2.45, 2.75) is 19.4 Å². The molecule has 2 unspecified atom stereocenters. The second kappa shape index (κ2) is 5.63. The average Bonchev–Trinajstić information content (AvgIpc) is 2.79. The number of rotatable bonds is 4. The summed E-state index contributed by atoms with van der Waals surface area (Å²) in [6, 6.07) is 8.86. The SMILES string of the molecule is Cc1cccc(C(CN)N2CCC(CO)C2)c1. The van der Waals surface area contributed by atoms with Gasteiger partial charge >= 0.3 is 0 Å². The van der Waals surface area contributed by atoms with Crippen LogP contribution in [0.15, 0.2) is 24.3 Å². The largest absolute Gasteiger partial charge is 0.396 e. The molecule has 1 aromatic carbocycles. The van der Waals surface area contributed by atoms with Crippen molar-refractivity contribution in [3.8, 4) is 0 Å². The zero-order chi connectivity index (χ0) is 12.3. The molecule has 1 aliphatic heterocycles. The van der Waals surface area contributed by atoms with E-state index in [4.69, 9.17) is 5.73 Å². The molecular weight excluding hydrogens is 212 g/mol. The zero-order valence-corrected chi connectivity index (χ0v) is 10.5. The Kier molecular flexibility index (Phi) is 4.15. The molecule has 3 N–H and O–H groups in total. The lowest BCUT2D eigenvalue weighted by atomic mass is 10.0. The molecule has 1 heterocycles. The number of hydrogen-bond donors (Lipinski definition) is 2. The van der Waals surface area contributed by atoms with Crippen molar-refractivity contribution in [2.75, 3.05) is 26.2 Å². The summed E-state index contributed by atoms with van der Waals surface area (Å²) in [6.45, 7) is 5.05. The minimum Gasteiger partial charge on any atom is -0.396 e. The molecule has 0 aliphatic carbocycles. The standard InChI is InChI=1S/C14H22N2O/c1-11-3-2-4-13(7-11)14(8-15)16-6-5-12(9-16)10-17/h2-4,7,12,14,17H,5-6,8-10,15H2,1H3. The van der Waals surface area contributed by atoms with Crippen LogP contribution in [0.1, 0.15) is 23.6 Å². The highest BCUT2D eigenvalue weighted by Crippen LogP contribution is 2.27. The summed E-state index contributed by atoms with van der Waals surface area (Å²) in [7, 11) is 0. The molecule has 1 saturated heterocycles. The molecule has 0 radical (unpaired) electrons. The molecule has 0 amide bonds. The number of benzene rings is 1. The van der Waals surface area contributed by atoms with Crippen LogP contribution < -0.4 is 5.73 Å². The zero-order valence-electron chi connectivity index (χ0n) is 10.5. The molecule has 2 rings (SSSR count). The van der Waals surface area contributed by atoms with Crippen LogP contribution in [-0.2, 0) is 0 Å². The molecule has 1 aromatic rings. The van der Waals surface area contributed by atoms with Gasteiger partial charge in [0.1, 0.15) is 0 Å². The predicted octanol–water partition coefficient (Wildman–Crippen LogP) is 1.31. The van der Waals surface area contributed by atoms with Gasteiger partial charge in [0.25, 0.3) is 0 Å². The molecule has 3 nitrogen and oxygen atoms in total. The molecule has 1 fully saturated rings. The van der Waals surface area contributed by atoms with Crippen LogP contribution in [0.4, 0.5) is 0 Å². The Balaban J connectivity index is 2.11. The Morgan fingerprint density at radius 2 is 2.35 bits per heavy atom. The van der Waals surface area contributed by atoms with Crippen LogP contribution in [0.3, 0.4) is 0 Å². The quantitative estimate of drug-likeness (QED) is 0.826. The minimum absolute atomic E-state index is 0.293. The van der Waals surface area contributed by atoms with Gasteiger partial charge < -0.3 is 10.8 Å². The molecule has 2 atom stereocenters. The fraction of sp³-hybridized carbons (Fsp3) is 0.571. The Bertz CT molecular complexity index is 367. The van der Waals surface area contributed by atoms with E-state index in [0.29, 0.717) is 25.1 Å². The maximum Gasteiger partial charge on any atom is 0.0471 e. The number of aliphatic hydroxyl groups is 1. The van der Waals surface area contributed by atoms with Crippen LogP contribution in [0, 0.1) is 12.8 Å². The van der Waals surface area contributed by atoms with Gasteiger partial charge in [-0.05, 0) is 31.4 Å². The second-order valence-electron chi connectivity index (χ2n) is 5.00. The Morgan fingerprint density at radius 3 is 2.94 bits per heavy atom. The minimum atomic E-state index is 0.293. The van der Waals surface area contributed by atoms with E-state index in [1.165, 1.54) is 11.1 Å². The summed E-state index contributed by atoms with van der Waals surface area (Å²) < 4.78 is 0. The van der Waals surface area contributed by atoms with Crippen molar-refractivity contribution >= 4 is 0 Å². The first kappa shape index (κ1) is 12.6. The van der Waals surface area contributed by atoms with Gasteiger partial charge in [-0.1, -0.05) is 29.8 Å². The molecule has 0 saturated carbocycles. The van der Waals surface area contributed by atoms with Gasteiger partial charge in [-0.25, -0.2) is 0 Å². The maximum absolute atomic E-state index is 9.20. The van der Waals surface area contributed by atoms with Crippen LogP contribution in [0.5, 0.6) is 0 Å². The highest BCUT2D eigenvalue weighted by molar-refractivity contribution is 5.25. The number of aliphatic hydroxyl groups excluding tert-OH is 1. The number of hydrogen-bond acceptors (Lipinski definition) is 3. The highest BCUT2D eigenvalue weighted by Gasteiger charge is 2.27. The van der Waals surface area contributed by atoms with Gasteiger partial charge in [0.05, 0.1) is 0 Å². The van der Waals surface area contributed by atoms with Gasteiger partial charge in [0.2, 0.25) is 0 Å². The summed E-state index contributed by atoms with van der Waals surface area (Å²) in [5.74, 6) is 0.425. The number of aryl methyl sites for hydroxylation is 1. The maximum atomic E-state index is 9.20. The molecular formula is C14H22N2O. The van der Waals surface area contributed by atoms with Crippen LogP contribution >= 0.6 is 0 Å². The van der Waals surface area contributed by atoms with Gasteiger partial charge in [0, 0.05) is 25.7 Å². The number of likely N-dealkylation sites (tertiary alicyclic amines) is 1. The van der Waals surface area contributed by atoms with E-state index in [0.717, 1.165) is 19.5 Å². The number of nitrogens with two attached hydrogens (primary N) is 1. The predicted molar refractivity (Wildman–Crippen MR) is 69.7 cm³/mol. The summed E-state index contributed by atoms with van der Waals surface area (Å²) in [5, 5.41) is 9.20. The molecule has 0 bridgehead atoms. The van der Waals surface area contributed by atoms with Crippen LogP contribution in [0.25, 0.3) is 0 Å². The second-order valence-corrected chi connectivity index (χ2v) is 5.00. The summed E-state index contributed by atoms with van der Waals surface area (Å²) in [6.07, 6.45) is 1.08. The Morgan fingerprint density at radius 1 is 1.53 bits per heavy atom. The molecule has 17 heavy (non-hydrogen) atoms. The van der Waals surface area contributed by atoms with Crippen molar-refractivity contribution in [1.29, 1.82) is 0 Å². The molecule has 3 heteroatoms. The first-order valence-electron chi connectivity index (χ1n) is 6.36. The highest BCUT2D eigenvalue weighted by atomic mass is 16.3. The van der Waals surface area contributed by atoms with E-state index in [2.05, 4.69) is 36.1 Å². The lowest BCUT2D eigenvalue weighted by molar-refractivity contribution is 0.200. The molecule has 0 spiro atoms. The van der Waals surface area contributed by atoms with E-state index >= 15 is 0 Å². The van der Waals surface area contributed by atoms with Crippen molar-refractivity contribution in [3.05, 3.63) is 35.4 Å². The number of nitrogens with zero attached hydrogens (tertiary/aromatic N) is 1. The van der Waals surface area contributed by atoms with E-state index < -0.39 is 0 Å². The topological polar surface area (TPSA) is 49.5 Å². The van der Waals surface area contributed by atoms with E-state index in [-0.39, 0.29) is 0 Å². The van der Waals surface area contributed by atoms with E-state index in [9.17, 15) is 5.11 Å². The van der Waals surface area contributed by atoms with Crippen molar-refractivity contribution in [3.63, 3.8) is 0 Å². The first-order valence-corrected chi connectivity index (χ1v) is 6.36. The van der Waals surface area contributed by atoms with Gasteiger partial charge in [0.15, 0.2) is 0 Å². The van der Waals surface area contributed by atoms with Crippen LogP contribution in [-0.4, -0.2) is 36.2 Å². The lowest BCUT2D eigenvalue weighted by Crippen LogP contribution is -2.32. The fourth-order valence-corrected chi connectivity index (χ4v) is 2.67. The third kappa shape index (κ3) is 2.86. The third-order valence-corrected chi connectivity index (χ3v) is 3.67. The Labute approximate surface area is 103 Å². The summed E-state index contributed by atoms with van der Waals surface area (Å²) in [4.78, 5) is 2.40.